The second-order valence-corrected chi connectivity index (χ2v) is 4.76. The summed E-state index contributed by atoms with van der Waals surface area (Å²) < 4.78 is 5.31. The second-order valence-electron chi connectivity index (χ2n) is 4.76. The Hall–Kier alpha value is -1.81. The molecule has 18 heavy (non-hydrogen) atoms. The Morgan fingerprint density at radius 2 is 2.22 bits per heavy atom. The quantitative estimate of drug-likeness (QED) is 0.865. The van der Waals surface area contributed by atoms with Gasteiger partial charge in [-0.3, -0.25) is 4.79 Å². The predicted octanol–water partition coefficient (Wildman–Crippen LogP) is 1.93. The Morgan fingerprint density at radius 3 is 3.00 bits per heavy atom. The summed E-state index contributed by atoms with van der Waals surface area (Å²) in [6, 6.07) is 7.41. The van der Waals surface area contributed by atoms with E-state index in [1.54, 1.807) is 0 Å². The number of benzene rings is 1. The fourth-order valence-electron chi connectivity index (χ4n) is 2.09. The van der Waals surface area contributed by atoms with Gasteiger partial charge in [0.2, 0.25) is 0 Å². The smallest absolute Gasteiger partial charge is 0.255 e. The zero-order chi connectivity index (χ0) is 12.5. The first kappa shape index (κ1) is 11.3. The normalized spacial score (nSPS) is 16.7. The van der Waals surface area contributed by atoms with Crippen LogP contribution in [0.5, 0.6) is 0 Å². The highest BCUT2D eigenvalue weighted by Gasteiger charge is 2.29. The molecule has 94 valence electrons. The van der Waals surface area contributed by atoms with Crippen LogP contribution >= 0.6 is 0 Å². The number of hydrogen-bond donors (Lipinski definition) is 2. The van der Waals surface area contributed by atoms with Gasteiger partial charge < -0.3 is 14.8 Å². The van der Waals surface area contributed by atoms with Crippen LogP contribution in [0.4, 0.5) is 0 Å². The minimum atomic E-state index is -0.424. The minimum absolute atomic E-state index is 0.195. The molecule has 1 aliphatic carbocycles. The van der Waals surface area contributed by atoms with Crippen LogP contribution in [0.3, 0.4) is 0 Å². The third-order valence-corrected chi connectivity index (χ3v) is 3.36. The standard InChI is InChI=1S/C14H15NO3/c16-12(9-5-6-9)7-15-14(17)11-8-18-13-4-2-1-3-10(11)13/h1-4,8-9,12,16H,5-7H2,(H,15,17). The van der Waals surface area contributed by atoms with Crippen molar-refractivity contribution in [2.45, 2.75) is 18.9 Å². The first-order chi connectivity index (χ1) is 8.75. The number of fused-ring (bicyclic) bond motifs is 1. The number of amides is 1. The summed E-state index contributed by atoms with van der Waals surface area (Å²) in [5.41, 5.74) is 1.22. The Labute approximate surface area is 105 Å². The van der Waals surface area contributed by atoms with Gasteiger partial charge in [-0.2, -0.15) is 0 Å². The molecule has 4 heteroatoms. The lowest BCUT2D eigenvalue weighted by molar-refractivity contribution is 0.0902. The molecule has 1 unspecified atom stereocenters. The van der Waals surface area contributed by atoms with Gasteiger partial charge in [0.05, 0.1) is 11.7 Å². The number of carbonyl (C=O) groups excluding carboxylic acids is 1. The molecule has 1 aromatic heterocycles. The van der Waals surface area contributed by atoms with Crippen LogP contribution in [0.1, 0.15) is 23.2 Å². The molecule has 1 amide bonds. The van der Waals surface area contributed by atoms with Crippen LogP contribution in [0.15, 0.2) is 34.9 Å². The molecular formula is C14H15NO3. The summed E-state index contributed by atoms with van der Waals surface area (Å²) in [5, 5.41) is 13.3. The highest BCUT2D eigenvalue weighted by molar-refractivity contribution is 6.05. The summed E-state index contributed by atoms with van der Waals surface area (Å²) in [7, 11) is 0. The van der Waals surface area contributed by atoms with Crippen molar-refractivity contribution >= 4 is 16.9 Å². The van der Waals surface area contributed by atoms with Gasteiger partial charge in [-0.05, 0) is 24.8 Å². The molecule has 3 rings (SSSR count). The Balaban J connectivity index is 1.71. The molecule has 0 aliphatic heterocycles. The molecule has 2 aromatic rings. The van der Waals surface area contributed by atoms with E-state index in [9.17, 15) is 9.90 Å². The van der Waals surface area contributed by atoms with E-state index in [0.29, 0.717) is 23.6 Å². The van der Waals surface area contributed by atoms with Crippen LogP contribution in [-0.4, -0.2) is 23.7 Å². The molecule has 4 nitrogen and oxygen atoms in total. The molecule has 1 aliphatic rings. The van der Waals surface area contributed by atoms with Gasteiger partial charge in [-0.25, -0.2) is 0 Å². The topological polar surface area (TPSA) is 62.5 Å². The van der Waals surface area contributed by atoms with E-state index in [-0.39, 0.29) is 5.91 Å². The van der Waals surface area contributed by atoms with Gasteiger partial charge in [-0.15, -0.1) is 0 Å². The van der Waals surface area contributed by atoms with Crippen molar-refractivity contribution in [1.29, 1.82) is 0 Å². The summed E-state index contributed by atoms with van der Waals surface area (Å²) in [6.07, 6.45) is 3.16. The fraction of sp³-hybridized carbons (Fsp3) is 0.357. The number of aliphatic hydroxyl groups excluding tert-OH is 1. The Kier molecular flexibility index (Phi) is 2.80. The van der Waals surface area contributed by atoms with Gasteiger partial charge in [0.15, 0.2) is 0 Å². The molecule has 1 aromatic carbocycles. The van der Waals surface area contributed by atoms with Crippen LogP contribution in [0, 0.1) is 5.92 Å². The van der Waals surface area contributed by atoms with Crippen molar-refractivity contribution in [3.05, 3.63) is 36.1 Å². The van der Waals surface area contributed by atoms with Crippen molar-refractivity contribution in [2.75, 3.05) is 6.54 Å². The number of furan rings is 1. The lowest BCUT2D eigenvalue weighted by Crippen LogP contribution is -2.33. The molecule has 1 fully saturated rings. The Bertz CT molecular complexity index is 571. The van der Waals surface area contributed by atoms with E-state index in [0.717, 1.165) is 18.2 Å². The average molecular weight is 245 g/mol. The van der Waals surface area contributed by atoms with E-state index in [1.807, 2.05) is 24.3 Å². The molecular weight excluding hydrogens is 230 g/mol. The number of nitrogens with one attached hydrogen (secondary N) is 1. The summed E-state index contributed by atoms with van der Waals surface area (Å²) in [6.45, 7) is 0.309. The van der Waals surface area contributed by atoms with Crippen molar-refractivity contribution in [2.24, 2.45) is 5.92 Å². The van der Waals surface area contributed by atoms with Crippen LogP contribution in [0.2, 0.25) is 0 Å². The maximum absolute atomic E-state index is 12.0. The maximum atomic E-state index is 12.0. The average Bonchev–Trinajstić information content (AvgIpc) is 3.15. The van der Waals surface area contributed by atoms with E-state index >= 15 is 0 Å². The number of carbonyl (C=O) groups is 1. The van der Waals surface area contributed by atoms with Gasteiger partial charge in [0.1, 0.15) is 11.8 Å². The minimum Gasteiger partial charge on any atom is -0.463 e. The lowest BCUT2D eigenvalue weighted by atomic mass is 10.1. The largest absolute Gasteiger partial charge is 0.463 e. The van der Waals surface area contributed by atoms with E-state index < -0.39 is 6.10 Å². The number of para-hydroxylation sites is 1. The summed E-state index contributed by atoms with van der Waals surface area (Å²) >= 11 is 0. The molecule has 1 atom stereocenters. The predicted molar refractivity (Wildman–Crippen MR) is 67.3 cm³/mol. The van der Waals surface area contributed by atoms with Crippen molar-refractivity contribution < 1.29 is 14.3 Å². The molecule has 0 bridgehead atoms. The molecule has 1 saturated carbocycles. The Morgan fingerprint density at radius 1 is 1.44 bits per heavy atom. The number of hydrogen-bond acceptors (Lipinski definition) is 3. The number of aliphatic hydroxyl groups is 1. The van der Waals surface area contributed by atoms with Crippen LogP contribution in [0.25, 0.3) is 11.0 Å². The third kappa shape index (κ3) is 2.11. The summed E-state index contributed by atoms with van der Waals surface area (Å²) in [5.74, 6) is 0.172. The first-order valence-electron chi connectivity index (χ1n) is 6.18. The van der Waals surface area contributed by atoms with Crippen LogP contribution < -0.4 is 5.32 Å². The van der Waals surface area contributed by atoms with Gasteiger partial charge in [0.25, 0.3) is 5.91 Å². The van der Waals surface area contributed by atoms with Gasteiger partial charge in [0, 0.05) is 11.9 Å². The maximum Gasteiger partial charge on any atom is 0.255 e. The van der Waals surface area contributed by atoms with Gasteiger partial charge >= 0.3 is 0 Å². The fourth-order valence-corrected chi connectivity index (χ4v) is 2.09. The van der Waals surface area contributed by atoms with E-state index in [1.165, 1.54) is 6.26 Å². The SMILES string of the molecule is O=C(NCC(O)C1CC1)c1coc2ccccc12. The van der Waals surface area contributed by atoms with Crippen molar-refractivity contribution in [3.63, 3.8) is 0 Å². The molecule has 0 radical (unpaired) electrons. The van der Waals surface area contributed by atoms with Crippen LogP contribution in [-0.2, 0) is 0 Å². The molecule has 0 saturated heterocycles. The lowest BCUT2D eigenvalue weighted by Gasteiger charge is -2.09. The summed E-state index contributed by atoms with van der Waals surface area (Å²) in [4.78, 5) is 12.0. The third-order valence-electron chi connectivity index (χ3n) is 3.36. The number of rotatable bonds is 4. The first-order valence-corrected chi connectivity index (χ1v) is 6.18. The molecule has 1 heterocycles. The van der Waals surface area contributed by atoms with E-state index in [2.05, 4.69) is 5.32 Å². The highest BCUT2D eigenvalue weighted by atomic mass is 16.3. The highest BCUT2D eigenvalue weighted by Crippen LogP contribution is 2.32. The van der Waals surface area contributed by atoms with Gasteiger partial charge in [-0.1, -0.05) is 18.2 Å². The van der Waals surface area contributed by atoms with Crippen molar-refractivity contribution in [3.8, 4) is 0 Å². The van der Waals surface area contributed by atoms with Crippen molar-refractivity contribution in [1.82, 2.24) is 5.32 Å². The monoisotopic (exact) mass is 245 g/mol. The zero-order valence-corrected chi connectivity index (χ0v) is 9.93. The zero-order valence-electron chi connectivity index (χ0n) is 9.93. The second kappa shape index (κ2) is 4.46. The molecule has 2 N–H and O–H groups in total. The van der Waals surface area contributed by atoms with E-state index in [4.69, 9.17) is 4.42 Å². The molecule has 0 spiro atoms.